The molecule has 0 radical (unpaired) electrons. The van der Waals surface area contributed by atoms with Gasteiger partial charge >= 0.3 is 11.9 Å². The van der Waals surface area contributed by atoms with Gasteiger partial charge in [0, 0.05) is 0 Å². The number of carbonyl (C=O) groups excluding carboxylic acids is 2. The summed E-state index contributed by atoms with van der Waals surface area (Å²) < 4.78 is 73.5. The Morgan fingerprint density at radius 3 is 1.17 bits per heavy atom. The lowest BCUT2D eigenvalue weighted by atomic mass is 9.77. The highest BCUT2D eigenvalue weighted by Crippen LogP contribution is 2.44. The number of ether oxygens (including phenoxy) is 2. The fraction of sp³-hybridized carbons (Fsp3) is 0.393. The quantitative estimate of drug-likeness (QED) is 0.0273. The number of unbranched alkanes of at least 4 members (excludes halogenated alkanes) is 4. The van der Waals surface area contributed by atoms with E-state index in [0.29, 0.717) is 33.7 Å². The van der Waals surface area contributed by atoms with E-state index in [-0.39, 0.29) is 23.0 Å². The molecular weight excluding hydrogens is 813 g/mol. The number of benzene rings is 7. The maximum absolute atomic E-state index is 15.6. The largest absolute Gasteiger partial charge is 0.417 e. The molecular formula is C56H56F4O4. The summed E-state index contributed by atoms with van der Waals surface area (Å²) in [6.07, 6.45) is 17.4. The molecule has 2 aliphatic carbocycles. The average Bonchev–Trinajstić information content (AvgIpc) is 3.30. The lowest BCUT2D eigenvalue weighted by Gasteiger charge is -2.29. The normalized spacial score (nSPS) is 19.2. The zero-order valence-electron chi connectivity index (χ0n) is 36.9. The molecule has 8 heteroatoms. The van der Waals surface area contributed by atoms with Gasteiger partial charge in [-0.05, 0) is 166 Å². The maximum atomic E-state index is 15.6. The van der Waals surface area contributed by atoms with Gasteiger partial charge in [-0.15, -0.1) is 0 Å². The second-order valence-electron chi connectivity index (χ2n) is 18.6. The van der Waals surface area contributed by atoms with Crippen molar-refractivity contribution in [2.24, 2.45) is 11.8 Å². The molecule has 0 aromatic heterocycles. The van der Waals surface area contributed by atoms with Crippen molar-refractivity contribution in [3.8, 4) is 11.5 Å². The molecule has 0 atom stereocenters. The summed E-state index contributed by atoms with van der Waals surface area (Å²) in [5.41, 5.74) is 1.49. The van der Waals surface area contributed by atoms with E-state index in [1.165, 1.54) is 75.6 Å². The average molecular weight is 869 g/mol. The maximum Gasteiger partial charge on any atom is 0.344 e. The number of carbonyl (C=O) groups is 2. The predicted octanol–water partition coefficient (Wildman–Crippen LogP) is 16.4. The molecule has 0 amide bonds. The van der Waals surface area contributed by atoms with Crippen LogP contribution in [0.15, 0.2) is 84.9 Å². The molecule has 0 spiro atoms. The van der Waals surface area contributed by atoms with Gasteiger partial charge in [-0.25, -0.2) is 27.2 Å². The minimum Gasteiger partial charge on any atom is -0.417 e. The van der Waals surface area contributed by atoms with E-state index in [2.05, 4.69) is 13.8 Å². The van der Waals surface area contributed by atoms with Crippen molar-refractivity contribution in [1.82, 2.24) is 0 Å². The van der Waals surface area contributed by atoms with E-state index in [0.717, 1.165) is 83.7 Å². The standard InChI is InChI=1S/C56H56F4O4/c1-3-5-7-11-33-17-21-35(22-18-33)37-29-47(57)53(48(58)30-37)63-55(61)45-27-25-43-40-14-10-16-42-46(28-26-44(52(40)42)39-13-9-15-41(45)51(39)43)56(62)64-54-49(59)31-38(32-50(54)60)36-23-19-34(20-24-36)12-8-6-4-2/h9-10,13-16,25-36H,3-8,11-12,17-24H2,1-2H3. The SMILES string of the molecule is CCCCCC1CCC(c2cc(F)c(OC(=O)c3ccc4c5cccc6c(C(=O)Oc7c(F)cc(C8CCC(CCCCC)CC8)cc7F)ccc(c7cccc3c74)c65)c(F)c2)CC1. The van der Waals surface area contributed by atoms with Gasteiger partial charge in [0.15, 0.2) is 23.3 Å². The second kappa shape index (κ2) is 18.9. The highest BCUT2D eigenvalue weighted by Gasteiger charge is 2.29. The summed E-state index contributed by atoms with van der Waals surface area (Å²) in [5.74, 6) is -5.38. The van der Waals surface area contributed by atoms with Crippen LogP contribution in [0.5, 0.6) is 11.5 Å². The van der Waals surface area contributed by atoms with Crippen molar-refractivity contribution in [3.05, 3.63) is 130 Å². The molecule has 0 heterocycles. The van der Waals surface area contributed by atoms with Crippen molar-refractivity contribution >= 4 is 55.0 Å². The van der Waals surface area contributed by atoms with E-state index >= 15 is 17.6 Å². The lowest BCUT2D eigenvalue weighted by molar-refractivity contribution is 0.0713. The van der Waals surface area contributed by atoms with Crippen LogP contribution in [0.4, 0.5) is 17.6 Å². The van der Waals surface area contributed by atoms with Crippen LogP contribution in [0.25, 0.3) is 43.1 Å². The Balaban J connectivity index is 0.957. The Bertz CT molecular complexity index is 2570. The van der Waals surface area contributed by atoms with Crippen LogP contribution in [0.1, 0.15) is 160 Å². The Morgan fingerprint density at radius 1 is 0.469 bits per heavy atom. The lowest BCUT2D eigenvalue weighted by Crippen LogP contribution is -2.15. The Hall–Kier alpha value is -5.50. The number of rotatable bonds is 14. The van der Waals surface area contributed by atoms with Crippen LogP contribution in [0.3, 0.4) is 0 Å². The Morgan fingerprint density at radius 2 is 0.812 bits per heavy atom. The van der Waals surface area contributed by atoms with Gasteiger partial charge in [0.1, 0.15) is 0 Å². The van der Waals surface area contributed by atoms with Crippen LogP contribution >= 0.6 is 0 Å². The van der Waals surface area contributed by atoms with E-state index in [1.807, 2.05) is 12.1 Å². The summed E-state index contributed by atoms with van der Waals surface area (Å²) in [7, 11) is 0. The third-order valence-corrected chi connectivity index (χ3v) is 14.6. The van der Waals surface area contributed by atoms with Gasteiger partial charge in [-0.3, -0.25) is 0 Å². The van der Waals surface area contributed by atoms with Crippen LogP contribution < -0.4 is 9.47 Å². The van der Waals surface area contributed by atoms with E-state index in [1.54, 1.807) is 48.5 Å². The van der Waals surface area contributed by atoms with E-state index < -0.39 is 46.7 Å². The molecule has 4 nitrogen and oxygen atoms in total. The highest BCUT2D eigenvalue weighted by atomic mass is 19.1. The van der Waals surface area contributed by atoms with Gasteiger partial charge in [-0.2, -0.15) is 0 Å². The highest BCUT2D eigenvalue weighted by molar-refractivity contribution is 6.35. The molecule has 0 aliphatic heterocycles. The van der Waals surface area contributed by atoms with Crippen molar-refractivity contribution in [1.29, 1.82) is 0 Å². The molecule has 0 unspecified atom stereocenters. The van der Waals surface area contributed by atoms with Crippen LogP contribution in [0.2, 0.25) is 0 Å². The number of hydrogen-bond acceptors (Lipinski definition) is 4. The minimum absolute atomic E-state index is 0.0632. The third kappa shape index (κ3) is 8.57. The van der Waals surface area contributed by atoms with Gasteiger partial charge < -0.3 is 9.47 Å². The molecule has 7 aromatic rings. The topological polar surface area (TPSA) is 52.6 Å². The molecule has 7 aromatic carbocycles. The fourth-order valence-corrected chi connectivity index (χ4v) is 11.1. The van der Waals surface area contributed by atoms with Gasteiger partial charge in [0.2, 0.25) is 11.5 Å². The first kappa shape index (κ1) is 43.7. The molecule has 2 saturated carbocycles. The molecule has 2 fully saturated rings. The van der Waals surface area contributed by atoms with Gasteiger partial charge in [0.25, 0.3) is 0 Å². The Kier molecular flexibility index (Phi) is 12.9. The van der Waals surface area contributed by atoms with Gasteiger partial charge in [0.05, 0.1) is 11.1 Å². The minimum atomic E-state index is -0.904. The Labute approximate surface area is 372 Å². The summed E-state index contributed by atoms with van der Waals surface area (Å²) >= 11 is 0. The molecule has 0 saturated heterocycles. The summed E-state index contributed by atoms with van der Waals surface area (Å²) in [5, 5.41) is 5.64. The first-order chi connectivity index (χ1) is 31.1. The zero-order valence-corrected chi connectivity index (χ0v) is 36.9. The zero-order chi connectivity index (χ0) is 44.5. The van der Waals surface area contributed by atoms with Crippen molar-refractivity contribution in [2.45, 2.75) is 128 Å². The molecule has 2 aliphatic rings. The summed E-state index contributed by atoms with van der Waals surface area (Å²) in [6.45, 7) is 4.40. The van der Waals surface area contributed by atoms with Crippen LogP contribution in [-0.4, -0.2) is 11.9 Å². The molecule has 0 N–H and O–H groups in total. The number of halogens is 4. The van der Waals surface area contributed by atoms with Crippen LogP contribution in [-0.2, 0) is 0 Å². The smallest absolute Gasteiger partial charge is 0.344 e. The molecule has 332 valence electrons. The van der Waals surface area contributed by atoms with Crippen molar-refractivity contribution in [2.75, 3.05) is 0 Å². The monoisotopic (exact) mass is 868 g/mol. The number of esters is 2. The number of hydrogen-bond donors (Lipinski definition) is 0. The second-order valence-corrected chi connectivity index (χ2v) is 18.6. The summed E-state index contributed by atoms with van der Waals surface area (Å²) in [6, 6.07) is 22.9. The first-order valence-electron chi connectivity index (χ1n) is 23.7. The van der Waals surface area contributed by atoms with Crippen molar-refractivity contribution in [3.63, 3.8) is 0 Å². The van der Waals surface area contributed by atoms with Gasteiger partial charge in [-0.1, -0.05) is 114 Å². The fourth-order valence-electron chi connectivity index (χ4n) is 11.1. The summed E-state index contributed by atoms with van der Waals surface area (Å²) in [4.78, 5) is 27.7. The van der Waals surface area contributed by atoms with E-state index in [4.69, 9.17) is 9.47 Å². The molecule has 9 rings (SSSR count). The van der Waals surface area contributed by atoms with E-state index in [9.17, 15) is 9.59 Å². The number of fused-ring (bicyclic) bond motifs is 2. The predicted molar refractivity (Wildman–Crippen MR) is 248 cm³/mol. The molecule has 64 heavy (non-hydrogen) atoms. The van der Waals surface area contributed by atoms with Crippen molar-refractivity contribution < 1.29 is 36.6 Å². The first-order valence-corrected chi connectivity index (χ1v) is 23.7. The third-order valence-electron chi connectivity index (χ3n) is 14.6. The molecule has 0 bridgehead atoms. The van der Waals surface area contributed by atoms with Crippen LogP contribution in [0, 0.1) is 35.1 Å².